The highest BCUT2D eigenvalue weighted by Gasteiger charge is 2.32. The Bertz CT molecular complexity index is 725. The molecule has 2 rings (SSSR count). The minimum absolute atomic E-state index is 0.00432. The lowest BCUT2D eigenvalue weighted by atomic mass is 10.0. The minimum atomic E-state index is -0.723. The highest BCUT2D eigenvalue weighted by atomic mass is 35.5. The number of ether oxygens (including phenoxy) is 1. The van der Waals surface area contributed by atoms with Crippen molar-refractivity contribution in [2.75, 3.05) is 19.7 Å². The normalized spacial score (nSPS) is 18.3. The Morgan fingerprint density at radius 2 is 2.15 bits per heavy atom. The van der Waals surface area contributed by atoms with Crippen LogP contribution in [0.25, 0.3) is 0 Å². The van der Waals surface area contributed by atoms with E-state index < -0.39 is 16.9 Å². The SMILES string of the molecule is CCC1CN(C(=O)C(NC(=O)c2ccc([N+](=O)[O-])cc2Cl)C(C)C)CCO1. The third-order valence-electron chi connectivity index (χ3n) is 4.53. The van der Waals surface area contributed by atoms with Gasteiger partial charge in [0, 0.05) is 25.2 Å². The maximum Gasteiger partial charge on any atom is 0.270 e. The molecule has 1 aromatic rings. The highest BCUT2D eigenvalue weighted by molar-refractivity contribution is 6.34. The summed E-state index contributed by atoms with van der Waals surface area (Å²) in [6.45, 7) is 7.13. The predicted octanol–water partition coefficient (Wildman–Crippen LogP) is 2.64. The Balaban J connectivity index is 2.14. The molecule has 0 radical (unpaired) electrons. The van der Waals surface area contributed by atoms with Gasteiger partial charge in [-0.3, -0.25) is 19.7 Å². The van der Waals surface area contributed by atoms with Gasteiger partial charge in [0.1, 0.15) is 6.04 Å². The Labute approximate surface area is 163 Å². The number of morpholine rings is 1. The molecule has 2 atom stereocenters. The number of hydrogen-bond donors (Lipinski definition) is 1. The first-order valence-electron chi connectivity index (χ1n) is 8.89. The van der Waals surface area contributed by atoms with E-state index >= 15 is 0 Å². The zero-order valence-corrected chi connectivity index (χ0v) is 16.4. The number of rotatable bonds is 6. The summed E-state index contributed by atoms with van der Waals surface area (Å²) in [4.78, 5) is 37.5. The number of nitro benzene ring substituents is 1. The molecule has 0 saturated carbocycles. The van der Waals surface area contributed by atoms with Crippen LogP contribution in [0.5, 0.6) is 0 Å². The molecule has 1 saturated heterocycles. The number of halogens is 1. The number of carbonyl (C=O) groups is 2. The van der Waals surface area contributed by atoms with Crippen LogP contribution in [0.4, 0.5) is 5.69 Å². The molecule has 1 N–H and O–H groups in total. The third-order valence-corrected chi connectivity index (χ3v) is 4.85. The number of benzene rings is 1. The van der Waals surface area contributed by atoms with E-state index in [4.69, 9.17) is 16.3 Å². The van der Waals surface area contributed by atoms with E-state index in [1.54, 1.807) is 4.90 Å². The zero-order valence-electron chi connectivity index (χ0n) is 15.6. The molecule has 27 heavy (non-hydrogen) atoms. The Morgan fingerprint density at radius 1 is 1.44 bits per heavy atom. The van der Waals surface area contributed by atoms with Crippen molar-refractivity contribution in [1.82, 2.24) is 10.2 Å². The summed E-state index contributed by atoms with van der Waals surface area (Å²) in [6.07, 6.45) is 0.802. The van der Waals surface area contributed by atoms with E-state index in [-0.39, 0.29) is 34.2 Å². The van der Waals surface area contributed by atoms with Gasteiger partial charge in [-0.05, 0) is 18.4 Å². The van der Waals surface area contributed by atoms with Gasteiger partial charge in [0.15, 0.2) is 0 Å². The van der Waals surface area contributed by atoms with Crippen LogP contribution in [0.2, 0.25) is 5.02 Å². The zero-order chi connectivity index (χ0) is 20.1. The van der Waals surface area contributed by atoms with Gasteiger partial charge >= 0.3 is 0 Å². The molecule has 1 fully saturated rings. The molecule has 8 nitrogen and oxygen atoms in total. The van der Waals surface area contributed by atoms with Crippen LogP contribution in [0.3, 0.4) is 0 Å². The van der Waals surface area contributed by atoms with E-state index in [9.17, 15) is 19.7 Å². The van der Waals surface area contributed by atoms with Crippen LogP contribution in [-0.2, 0) is 9.53 Å². The van der Waals surface area contributed by atoms with Gasteiger partial charge in [-0.25, -0.2) is 0 Å². The number of carbonyl (C=O) groups excluding carboxylic acids is 2. The molecule has 2 amide bonds. The first kappa shape index (κ1) is 21.1. The molecule has 1 aromatic carbocycles. The molecule has 9 heteroatoms. The average molecular weight is 398 g/mol. The van der Waals surface area contributed by atoms with Crippen LogP contribution in [0, 0.1) is 16.0 Å². The standard InChI is InChI=1S/C18H24ClN3O5/c1-4-13-10-21(7-8-27-13)18(24)16(11(2)3)20-17(23)14-6-5-12(22(25)26)9-15(14)19/h5-6,9,11,13,16H,4,7-8,10H2,1-3H3,(H,20,23). The monoisotopic (exact) mass is 397 g/mol. The lowest BCUT2D eigenvalue weighted by molar-refractivity contribution is -0.384. The average Bonchev–Trinajstić information content (AvgIpc) is 2.64. The summed E-state index contributed by atoms with van der Waals surface area (Å²) < 4.78 is 5.59. The Hall–Kier alpha value is -2.19. The van der Waals surface area contributed by atoms with Gasteiger partial charge in [0.2, 0.25) is 5.91 Å². The quantitative estimate of drug-likeness (QED) is 0.587. The maximum absolute atomic E-state index is 12.9. The fourth-order valence-corrected chi connectivity index (χ4v) is 3.16. The molecule has 1 aliphatic rings. The van der Waals surface area contributed by atoms with Gasteiger partial charge in [-0.15, -0.1) is 0 Å². The molecule has 0 aliphatic carbocycles. The number of amides is 2. The number of nitrogens with one attached hydrogen (secondary N) is 1. The minimum Gasteiger partial charge on any atom is -0.375 e. The molecular formula is C18H24ClN3O5. The highest BCUT2D eigenvalue weighted by Crippen LogP contribution is 2.23. The molecule has 2 unspecified atom stereocenters. The van der Waals surface area contributed by atoms with E-state index in [2.05, 4.69) is 5.32 Å². The lowest BCUT2D eigenvalue weighted by Gasteiger charge is -2.35. The van der Waals surface area contributed by atoms with Crippen molar-refractivity contribution in [3.05, 3.63) is 38.9 Å². The molecule has 0 aromatic heterocycles. The number of hydrogen-bond acceptors (Lipinski definition) is 5. The lowest BCUT2D eigenvalue weighted by Crippen LogP contribution is -2.55. The van der Waals surface area contributed by atoms with Gasteiger partial charge < -0.3 is 15.0 Å². The molecule has 148 valence electrons. The van der Waals surface area contributed by atoms with Gasteiger partial charge in [0.05, 0.1) is 28.2 Å². The van der Waals surface area contributed by atoms with Crippen LogP contribution in [0.15, 0.2) is 18.2 Å². The molecular weight excluding hydrogens is 374 g/mol. The largest absolute Gasteiger partial charge is 0.375 e. The summed E-state index contributed by atoms with van der Waals surface area (Å²) in [5.74, 6) is -0.846. The molecule has 1 aliphatic heterocycles. The smallest absolute Gasteiger partial charge is 0.270 e. The topological polar surface area (TPSA) is 102 Å². The second kappa shape index (κ2) is 9.14. The maximum atomic E-state index is 12.9. The van der Waals surface area contributed by atoms with E-state index in [0.29, 0.717) is 19.7 Å². The van der Waals surface area contributed by atoms with E-state index in [1.807, 2.05) is 20.8 Å². The van der Waals surface area contributed by atoms with Gasteiger partial charge in [-0.2, -0.15) is 0 Å². The molecule has 0 bridgehead atoms. The van der Waals surface area contributed by atoms with Crippen molar-refractivity contribution in [3.63, 3.8) is 0 Å². The Morgan fingerprint density at radius 3 is 2.70 bits per heavy atom. The molecule has 1 heterocycles. The van der Waals surface area contributed by atoms with E-state index in [1.165, 1.54) is 12.1 Å². The van der Waals surface area contributed by atoms with Crippen LogP contribution < -0.4 is 5.32 Å². The first-order valence-corrected chi connectivity index (χ1v) is 9.27. The third kappa shape index (κ3) is 5.17. The van der Waals surface area contributed by atoms with Crippen molar-refractivity contribution in [2.45, 2.75) is 39.3 Å². The van der Waals surface area contributed by atoms with Crippen molar-refractivity contribution in [1.29, 1.82) is 0 Å². The van der Waals surface area contributed by atoms with Crippen molar-refractivity contribution >= 4 is 29.1 Å². The number of non-ortho nitro benzene ring substituents is 1. The predicted molar refractivity (Wildman–Crippen MR) is 101 cm³/mol. The summed E-state index contributed by atoms with van der Waals surface area (Å²) in [6, 6.07) is 2.90. The fraction of sp³-hybridized carbons (Fsp3) is 0.556. The first-order chi connectivity index (χ1) is 12.7. The molecule has 0 spiro atoms. The van der Waals surface area contributed by atoms with Gasteiger partial charge in [0.25, 0.3) is 11.6 Å². The van der Waals surface area contributed by atoms with Crippen molar-refractivity contribution < 1.29 is 19.2 Å². The fourth-order valence-electron chi connectivity index (χ4n) is 2.90. The van der Waals surface area contributed by atoms with Crippen LogP contribution in [-0.4, -0.2) is 53.5 Å². The summed E-state index contributed by atoms with van der Waals surface area (Å²) in [5.41, 5.74) is -0.110. The summed E-state index contributed by atoms with van der Waals surface area (Å²) >= 11 is 6.02. The van der Waals surface area contributed by atoms with Gasteiger partial charge in [-0.1, -0.05) is 32.4 Å². The second-order valence-corrected chi connectivity index (χ2v) is 7.21. The van der Waals surface area contributed by atoms with Crippen molar-refractivity contribution in [3.8, 4) is 0 Å². The van der Waals surface area contributed by atoms with Crippen LogP contribution >= 0.6 is 11.6 Å². The van der Waals surface area contributed by atoms with Crippen molar-refractivity contribution in [2.24, 2.45) is 5.92 Å². The Kier molecular flexibility index (Phi) is 7.15. The second-order valence-electron chi connectivity index (χ2n) is 6.80. The number of nitrogens with zero attached hydrogens (tertiary/aromatic N) is 2. The van der Waals surface area contributed by atoms with E-state index in [0.717, 1.165) is 12.5 Å². The van der Waals surface area contributed by atoms with Crippen LogP contribution in [0.1, 0.15) is 37.6 Å². The summed E-state index contributed by atoms with van der Waals surface area (Å²) in [7, 11) is 0. The summed E-state index contributed by atoms with van der Waals surface area (Å²) in [5, 5.41) is 13.5. The number of nitro groups is 1.